The van der Waals surface area contributed by atoms with Crippen LogP contribution in [0, 0.1) is 0 Å². The van der Waals surface area contributed by atoms with Gasteiger partial charge in [-0.2, -0.15) is 5.10 Å². The Hall–Kier alpha value is -2.49. The lowest BCUT2D eigenvalue weighted by atomic mass is 10.2. The number of benzene rings is 2. The molecule has 0 bridgehead atoms. The van der Waals surface area contributed by atoms with Crippen molar-refractivity contribution in [2.75, 3.05) is 11.9 Å². The first-order valence-electron chi connectivity index (χ1n) is 7.16. The molecule has 21 heavy (non-hydrogen) atoms. The molecule has 0 unspecified atom stereocenters. The fourth-order valence-electron chi connectivity index (χ4n) is 2.49. The maximum Gasteiger partial charge on any atom is 0.142 e. The molecule has 0 fully saturated rings. The van der Waals surface area contributed by atoms with Crippen LogP contribution in [0.15, 0.2) is 48.5 Å². The first kappa shape index (κ1) is 13.5. The van der Waals surface area contributed by atoms with Crippen molar-refractivity contribution in [3.8, 4) is 5.75 Å². The van der Waals surface area contributed by atoms with Gasteiger partial charge in [-0.1, -0.05) is 30.3 Å². The smallest absolute Gasteiger partial charge is 0.142 e. The van der Waals surface area contributed by atoms with Crippen LogP contribution in [0.5, 0.6) is 5.75 Å². The normalized spacial score (nSPS) is 10.8. The van der Waals surface area contributed by atoms with Gasteiger partial charge in [-0.15, -0.1) is 0 Å². The Kier molecular flexibility index (Phi) is 3.77. The third-order valence-corrected chi connectivity index (χ3v) is 3.47. The molecule has 0 aliphatic carbocycles. The molecular formula is C17H19N3O. The number of nitrogens with zero attached hydrogens (tertiary/aromatic N) is 2. The topological polar surface area (TPSA) is 39.1 Å². The van der Waals surface area contributed by atoms with E-state index in [1.807, 2.05) is 55.1 Å². The van der Waals surface area contributed by atoms with E-state index >= 15 is 0 Å². The molecule has 1 N–H and O–H groups in total. The van der Waals surface area contributed by atoms with Crippen LogP contribution in [0.2, 0.25) is 0 Å². The zero-order chi connectivity index (χ0) is 14.7. The first-order chi connectivity index (χ1) is 10.3. The van der Waals surface area contributed by atoms with E-state index in [1.165, 1.54) is 5.39 Å². The zero-order valence-electron chi connectivity index (χ0n) is 12.3. The second kappa shape index (κ2) is 5.87. The summed E-state index contributed by atoms with van der Waals surface area (Å²) in [4.78, 5) is 0. The molecule has 0 aliphatic rings. The van der Waals surface area contributed by atoms with Crippen molar-refractivity contribution in [3.63, 3.8) is 0 Å². The summed E-state index contributed by atoms with van der Waals surface area (Å²) in [5.41, 5.74) is 3.18. The van der Waals surface area contributed by atoms with E-state index in [4.69, 9.17) is 4.74 Å². The summed E-state index contributed by atoms with van der Waals surface area (Å²) >= 11 is 0. The average molecular weight is 281 g/mol. The summed E-state index contributed by atoms with van der Waals surface area (Å²) in [6, 6.07) is 16.2. The number of aromatic nitrogens is 2. The van der Waals surface area contributed by atoms with Gasteiger partial charge in [0.2, 0.25) is 0 Å². The predicted octanol–water partition coefficient (Wildman–Crippen LogP) is 3.58. The predicted molar refractivity (Wildman–Crippen MR) is 85.7 cm³/mol. The molecule has 0 radical (unpaired) electrons. The molecule has 0 saturated carbocycles. The number of hydrogen-bond donors (Lipinski definition) is 1. The van der Waals surface area contributed by atoms with E-state index in [9.17, 15) is 0 Å². The van der Waals surface area contributed by atoms with Gasteiger partial charge in [0, 0.05) is 12.4 Å². The van der Waals surface area contributed by atoms with Crippen molar-refractivity contribution >= 4 is 16.6 Å². The number of fused-ring (bicyclic) bond motifs is 1. The number of hydrogen-bond acceptors (Lipinski definition) is 3. The van der Waals surface area contributed by atoms with Crippen molar-refractivity contribution in [2.24, 2.45) is 7.05 Å². The van der Waals surface area contributed by atoms with Gasteiger partial charge in [0.05, 0.1) is 30.0 Å². The van der Waals surface area contributed by atoms with E-state index in [1.54, 1.807) is 0 Å². The molecule has 3 rings (SSSR count). The summed E-state index contributed by atoms with van der Waals surface area (Å²) in [5, 5.41) is 9.19. The molecule has 0 spiro atoms. The number of ether oxygens (including phenoxy) is 1. The van der Waals surface area contributed by atoms with Crippen LogP contribution >= 0.6 is 0 Å². The van der Waals surface area contributed by atoms with Crippen molar-refractivity contribution in [1.82, 2.24) is 9.78 Å². The molecule has 4 heteroatoms. The van der Waals surface area contributed by atoms with Gasteiger partial charge < -0.3 is 10.1 Å². The molecule has 3 aromatic rings. The average Bonchev–Trinajstić information content (AvgIpc) is 2.84. The van der Waals surface area contributed by atoms with Crippen LogP contribution in [0.25, 0.3) is 10.9 Å². The largest absolute Gasteiger partial charge is 0.492 e. The van der Waals surface area contributed by atoms with Crippen molar-refractivity contribution in [3.05, 3.63) is 54.2 Å². The highest BCUT2D eigenvalue weighted by Crippen LogP contribution is 2.25. The summed E-state index contributed by atoms with van der Waals surface area (Å²) < 4.78 is 7.55. The molecule has 0 saturated heterocycles. The van der Waals surface area contributed by atoms with Crippen LogP contribution in [-0.2, 0) is 13.6 Å². The number of nitrogens with one attached hydrogen (secondary N) is 1. The quantitative estimate of drug-likeness (QED) is 0.777. The van der Waals surface area contributed by atoms with Crippen molar-refractivity contribution < 1.29 is 4.74 Å². The van der Waals surface area contributed by atoms with Crippen LogP contribution in [0.4, 0.5) is 5.69 Å². The fourth-order valence-corrected chi connectivity index (χ4v) is 2.49. The summed E-state index contributed by atoms with van der Waals surface area (Å²) in [6.45, 7) is 3.32. The molecule has 4 nitrogen and oxygen atoms in total. The van der Waals surface area contributed by atoms with Gasteiger partial charge in [-0.3, -0.25) is 4.68 Å². The van der Waals surface area contributed by atoms with Crippen molar-refractivity contribution in [2.45, 2.75) is 13.5 Å². The highest BCUT2D eigenvalue weighted by molar-refractivity contribution is 5.82. The van der Waals surface area contributed by atoms with Gasteiger partial charge in [0.25, 0.3) is 0 Å². The first-order valence-corrected chi connectivity index (χ1v) is 7.16. The summed E-state index contributed by atoms with van der Waals surface area (Å²) in [5.74, 6) is 0.875. The minimum Gasteiger partial charge on any atom is -0.492 e. The lowest BCUT2D eigenvalue weighted by molar-refractivity contribution is 0.341. The maximum absolute atomic E-state index is 5.63. The van der Waals surface area contributed by atoms with Gasteiger partial charge in [-0.25, -0.2) is 0 Å². The van der Waals surface area contributed by atoms with E-state index in [-0.39, 0.29) is 0 Å². The van der Waals surface area contributed by atoms with E-state index in [0.29, 0.717) is 13.2 Å². The van der Waals surface area contributed by atoms with Gasteiger partial charge in [-0.05, 0) is 25.1 Å². The number of aryl methyl sites for hydroxylation is 1. The van der Waals surface area contributed by atoms with E-state index < -0.39 is 0 Å². The number of rotatable bonds is 5. The minimum atomic E-state index is 0.658. The Morgan fingerprint density at radius 3 is 2.71 bits per heavy atom. The Labute approximate surface area is 124 Å². The molecule has 1 aromatic heterocycles. The highest BCUT2D eigenvalue weighted by Gasteiger charge is 2.08. The molecule has 2 aromatic carbocycles. The van der Waals surface area contributed by atoms with Gasteiger partial charge in [0.15, 0.2) is 0 Å². The minimum absolute atomic E-state index is 0.658. The third-order valence-electron chi connectivity index (χ3n) is 3.47. The summed E-state index contributed by atoms with van der Waals surface area (Å²) in [6.07, 6.45) is 0. The summed E-state index contributed by atoms with van der Waals surface area (Å²) in [7, 11) is 1.97. The molecular weight excluding hydrogens is 262 g/mol. The molecule has 1 heterocycles. The van der Waals surface area contributed by atoms with Crippen molar-refractivity contribution in [1.29, 1.82) is 0 Å². The molecule has 0 atom stereocenters. The number of anilines is 1. The lowest BCUT2D eigenvalue weighted by Crippen LogP contribution is -2.04. The second-order valence-electron chi connectivity index (χ2n) is 4.87. The Bertz CT molecular complexity index is 749. The fraction of sp³-hybridized carbons (Fsp3) is 0.235. The van der Waals surface area contributed by atoms with E-state index in [0.717, 1.165) is 22.6 Å². The Morgan fingerprint density at radius 1 is 1.10 bits per heavy atom. The Balaban J connectivity index is 1.84. The van der Waals surface area contributed by atoms with Crippen LogP contribution < -0.4 is 10.1 Å². The third kappa shape index (κ3) is 2.70. The van der Waals surface area contributed by atoms with E-state index in [2.05, 4.69) is 22.5 Å². The van der Waals surface area contributed by atoms with Crippen LogP contribution in [0.1, 0.15) is 12.6 Å². The molecule has 108 valence electrons. The highest BCUT2D eigenvalue weighted by atomic mass is 16.5. The lowest BCUT2D eigenvalue weighted by Gasteiger charge is -2.11. The molecule has 0 aliphatic heterocycles. The number of para-hydroxylation sites is 3. The zero-order valence-corrected chi connectivity index (χ0v) is 12.3. The second-order valence-corrected chi connectivity index (χ2v) is 4.87. The SMILES string of the molecule is CCOc1ccccc1NCc1nn(C)c2ccccc12. The monoisotopic (exact) mass is 281 g/mol. The van der Waals surface area contributed by atoms with Crippen LogP contribution in [-0.4, -0.2) is 16.4 Å². The standard InChI is InChI=1S/C17H19N3O/c1-3-21-17-11-7-5-9-14(17)18-12-15-13-8-4-6-10-16(13)20(2)19-15/h4-11,18H,3,12H2,1-2H3. The Morgan fingerprint density at radius 2 is 1.86 bits per heavy atom. The van der Waals surface area contributed by atoms with Gasteiger partial charge in [0.1, 0.15) is 5.75 Å². The molecule has 0 amide bonds. The maximum atomic E-state index is 5.63. The van der Waals surface area contributed by atoms with Crippen LogP contribution in [0.3, 0.4) is 0 Å². The van der Waals surface area contributed by atoms with Gasteiger partial charge >= 0.3 is 0 Å².